The van der Waals surface area contributed by atoms with E-state index in [1.807, 2.05) is 20.0 Å². The molecule has 0 saturated heterocycles. The number of carbonyl (C=O) groups is 1. The lowest BCUT2D eigenvalue weighted by molar-refractivity contribution is -0.121. The normalized spacial score (nSPS) is 12.1. The van der Waals surface area contributed by atoms with Gasteiger partial charge >= 0.3 is 0 Å². The summed E-state index contributed by atoms with van der Waals surface area (Å²) in [5.41, 5.74) is 0.953. The predicted octanol–water partition coefficient (Wildman–Crippen LogP) is 2.31. The van der Waals surface area contributed by atoms with E-state index < -0.39 is 0 Å². The molecule has 1 aromatic rings. The average molecular weight is 315 g/mol. The van der Waals surface area contributed by atoms with Crippen LogP contribution < -0.4 is 14.8 Å². The monoisotopic (exact) mass is 314 g/mol. The van der Waals surface area contributed by atoms with Gasteiger partial charge in [0.15, 0.2) is 0 Å². The number of amides is 1. The molecule has 6 heteroatoms. The molecule has 0 aliphatic heterocycles. The first-order valence-corrected chi connectivity index (χ1v) is 7.11. The summed E-state index contributed by atoms with van der Waals surface area (Å²) < 4.78 is 10.6. The number of nitrogens with zero attached hydrogens (tertiary/aromatic N) is 1. The topological polar surface area (TPSA) is 50.8 Å². The third-order valence-corrected chi connectivity index (χ3v) is 3.78. The highest BCUT2D eigenvalue weighted by atomic mass is 35.5. The van der Waals surface area contributed by atoms with Gasteiger partial charge in [0.25, 0.3) is 0 Å². The molecular weight excluding hydrogens is 292 g/mol. The lowest BCUT2D eigenvalue weighted by Gasteiger charge is -2.25. The summed E-state index contributed by atoms with van der Waals surface area (Å²) in [4.78, 5) is 13.5. The maximum absolute atomic E-state index is 11.4. The average Bonchev–Trinajstić information content (AvgIpc) is 2.47. The Bertz CT molecular complexity index is 494. The molecule has 1 amide bonds. The van der Waals surface area contributed by atoms with Gasteiger partial charge in [0.2, 0.25) is 5.91 Å². The third-order valence-electron chi connectivity index (χ3n) is 3.49. The molecule has 0 saturated carbocycles. The molecule has 0 heterocycles. The Morgan fingerprint density at radius 1 is 1.33 bits per heavy atom. The summed E-state index contributed by atoms with van der Waals surface area (Å²) in [5.74, 6) is 1.32. The second-order valence-electron chi connectivity index (χ2n) is 4.94. The molecular formula is C15H23ClN2O3. The van der Waals surface area contributed by atoms with E-state index in [0.29, 0.717) is 23.7 Å². The van der Waals surface area contributed by atoms with Crippen molar-refractivity contribution in [2.75, 3.05) is 28.3 Å². The fourth-order valence-electron chi connectivity index (χ4n) is 2.00. The van der Waals surface area contributed by atoms with E-state index in [9.17, 15) is 4.79 Å². The van der Waals surface area contributed by atoms with Gasteiger partial charge in [-0.1, -0.05) is 11.6 Å². The van der Waals surface area contributed by atoms with Crippen molar-refractivity contribution in [2.24, 2.45) is 0 Å². The van der Waals surface area contributed by atoms with Crippen LogP contribution in [0.3, 0.4) is 0 Å². The van der Waals surface area contributed by atoms with Crippen molar-refractivity contribution in [1.29, 1.82) is 0 Å². The predicted molar refractivity (Wildman–Crippen MR) is 84.2 cm³/mol. The second-order valence-corrected chi connectivity index (χ2v) is 5.35. The lowest BCUT2D eigenvalue weighted by atomic mass is 10.1. The summed E-state index contributed by atoms with van der Waals surface area (Å²) in [7, 11) is 6.78. The number of nitrogens with one attached hydrogen (secondary N) is 1. The van der Waals surface area contributed by atoms with Gasteiger partial charge in [-0.2, -0.15) is 0 Å². The van der Waals surface area contributed by atoms with Gasteiger partial charge in [0, 0.05) is 37.7 Å². The third kappa shape index (κ3) is 4.79. The van der Waals surface area contributed by atoms with Crippen LogP contribution >= 0.6 is 11.6 Å². The first kappa shape index (κ1) is 17.6. The largest absolute Gasteiger partial charge is 0.496 e. The standard InChI is InChI=1S/C15H23ClN2O3/c1-10(6-15(19)17-2)18(3)9-11-7-12(16)14(21-5)8-13(11)20-4/h7-8,10H,6,9H2,1-5H3,(H,17,19). The number of halogens is 1. The van der Waals surface area contributed by atoms with Crippen LogP contribution in [0.2, 0.25) is 5.02 Å². The first-order chi connectivity index (χ1) is 9.92. The zero-order valence-electron chi connectivity index (χ0n) is 13.2. The zero-order chi connectivity index (χ0) is 16.0. The Morgan fingerprint density at radius 3 is 2.48 bits per heavy atom. The van der Waals surface area contributed by atoms with Crippen LogP contribution in [0, 0.1) is 0 Å². The van der Waals surface area contributed by atoms with Crippen molar-refractivity contribution in [3.63, 3.8) is 0 Å². The highest BCUT2D eigenvalue weighted by Crippen LogP contribution is 2.33. The number of methoxy groups -OCH3 is 2. The minimum Gasteiger partial charge on any atom is -0.496 e. The molecule has 0 aliphatic carbocycles. The Kier molecular flexibility index (Phi) is 6.78. The number of hydrogen-bond donors (Lipinski definition) is 1. The molecule has 5 nitrogen and oxygen atoms in total. The molecule has 0 aromatic heterocycles. The Labute approximate surface area is 131 Å². The molecule has 0 bridgehead atoms. The molecule has 118 valence electrons. The van der Waals surface area contributed by atoms with Crippen molar-refractivity contribution in [3.8, 4) is 11.5 Å². The van der Waals surface area contributed by atoms with Gasteiger partial charge in [-0.25, -0.2) is 0 Å². The smallest absolute Gasteiger partial charge is 0.221 e. The summed E-state index contributed by atoms with van der Waals surface area (Å²) in [6, 6.07) is 3.72. The van der Waals surface area contributed by atoms with Gasteiger partial charge in [0.05, 0.1) is 19.2 Å². The number of rotatable bonds is 7. The van der Waals surface area contributed by atoms with Crippen molar-refractivity contribution in [2.45, 2.75) is 25.9 Å². The highest BCUT2D eigenvalue weighted by Gasteiger charge is 2.16. The quantitative estimate of drug-likeness (QED) is 0.839. The molecule has 1 N–H and O–H groups in total. The minimum absolute atomic E-state index is 0.0223. The molecule has 1 rings (SSSR count). The molecule has 21 heavy (non-hydrogen) atoms. The van der Waals surface area contributed by atoms with Crippen molar-refractivity contribution in [3.05, 3.63) is 22.7 Å². The summed E-state index contributed by atoms with van der Waals surface area (Å²) in [5, 5.41) is 3.18. The number of benzene rings is 1. The second kappa shape index (κ2) is 8.10. The number of ether oxygens (including phenoxy) is 2. The van der Waals surface area contributed by atoms with Gasteiger partial charge in [-0.15, -0.1) is 0 Å². The van der Waals surface area contributed by atoms with Crippen LogP contribution in [0.5, 0.6) is 11.5 Å². The molecule has 0 fully saturated rings. The van der Waals surface area contributed by atoms with Crippen LogP contribution in [-0.2, 0) is 11.3 Å². The summed E-state index contributed by atoms with van der Waals surface area (Å²) in [6.45, 7) is 2.64. The van der Waals surface area contributed by atoms with Crippen LogP contribution in [0.25, 0.3) is 0 Å². The van der Waals surface area contributed by atoms with Gasteiger partial charge in [-0.05, 0) is 20.0 Å². The van der Waals surface area contributed by atoms with Crippen LogP contribution in [0.4, 0.5) is 0 Å². The molecule has 1 unspecified atom stereocenters. The Hall–Kier alpha value is -1.46. The van der Waals surface area contributed by atoms with E-state index >= 15 is 0 Å². The zero-order valence-corrected chi connectivity index (χ0v) is 14.0. The summed E-state index contributed by atoms with van der Waals surface area (Å²) >= 11 is 6.17. The molecule has 1 atom stereocenters. The van der Waals surface area contributed by atoms with E-state index in [4.69, 9.17) is 21.1 Å². The minimum atomic E-state index is 0.0223. The molecule has 0 spiro atoms. The summed E-state index contributed by atoms with van der Waals surface area (Å²) in [6.07, 6.45) is 0.444. The first-order valence-electron chi connectivity index (χ1n) is 6.74. The number of hydrogen-bond acceptors (Lipinski definition) is 4. The van der Waals surface area contributed by atoms with E-state index in [1.165, 1.54) is 0 Å². The number of carbonyl (C=O) groups excluding carboxylic acids is 1. The molecule has 1 aromatic carbocycles. The maximum atomic E-state index is 11.4. The fraction of sp³-hybridized carbons (Fsp3) is 0.533. The van der Waals surface area contributed by atoms with Gasteiger partial charge < -0.3 is 14.8 Å². The van der Waals surface area contributed by atoms with E-state index in [-0.39, 0.29) is 11.9 Å². The van der Waals surface area contributed by atoms with Crippen molar-refractivity contribution >= 4 is 17.5 Å². The SMILES string of the molecule is CNC(=O)CC(C)N(C)Cc1cc(Cl)c(OC)cc1OC. The maximum Gasteiger partial charge on any atom is 0.221 e. The van der Waals surface area contributed by atoms with Gasteiger partial charge in [0.1, 0.15) is 11.5 Å². The Balaban J connectivity index is 2.86. The fourth-order valence-corrected chi connectivity index (χ4v) is 2.26. The van der Waals surface area contributed by atoms with Crippen LogP contribution in [0.15, 0.2) is 12.1 Å². The van der Waals surface area contributed by atoms with E-state index in [2.05, 4.69) is 10.2 Å². The van der Waals surface area contributed by atoms with Crippen molar-refractivity contribution in [1.82, 2.24) is 10.2 Å². The van der Waals surface area contributed by atoms with Crippen LogP contribution in [0.1, 0.15) is 18.9 Å². The lowest BCUT2D eigenvalue weighted by Crippen LogP contribution is -2.33. The van der Waals surface area contributed by atoms with Crippen LogP contribution in [-0.4, -0.2) is 45.2 Å². The van der Waals surface area contributed by atoms with Crippen molar-refractivity contribution < 1.29 is 14.3 Å². The van der Waals surface area contributed by atoms with E-state index in [0.717, 1.165) is 11.3 Å². The molecule has 0 radical (unpaired) electrons. The van der Waals surface area contributed by atoms with Gasteiger partial charge in [-0.3, -0.25) is 9.69 Å². The van der Waals surface area contributed by atoms with E-state index in [1.54, 1.807) is 27.3 Å². The molecule has 0 aliphatic rings. The Morgan fingerprint density at radius 2 is 1.95 bits per heavy atom. The highest BCUT2D eigenvalue weighted by molar-refractivity contribution is 6.32.